The van der Waals surface area contributed by atoms with Crippen molar-refractivity contribution in [2.45, 2.75) is 39.2 Å². The molecule has 0 atom stereocenters. The lowest BCUT2D eigenvalue weighted by molar-refractivity contribution is -0.146. The van der Waals surface area contributed by atoms with Gasteiger partial charge in [0.15, 0.2) is 5.57 Å². The minimum absolute atomic E-state index is 0.129. The first kappa shape index (κ1) is 16.0. The van der Waals surface area contributed by atoms with E-state index in [-0.39, 0.29) is 24.8 Å². The van der Waals surface area contributed by atoms with Crippen molar-refractivity contribution in [1.29, 1.82) is 0 Å². The molecule has 0 bridgehead atoms. The van der Waals surface area contributed by atoms with Crippen LogP contribution < -0.4 is 10.6 Å². The fraction of sp³-hybridized carbons (Fsp3) is 0.615. The van der Waals surface area contributed by atoms with Crippen LogP contribution in [0.1, 0.15) is 33.1 Å². The molecule has 0 aromatic heterocycles. The second-order valence-electron chi connectivity index (χ2n) is 4.24. The van der Waals surface area contributed by atoms with E-state index in [2.05, 4.69) is 10.6 Å². The third-order valence-electron chi connectivity index (χ3n) is 2.78. The summed E-state index contributed by atoms with van der Waals surface area (Å²) in [4.78, 5) is 34.7. The standard InChI is InChI=1S/C13H20N2O5/c1-3-19-11(16)10(12(17)20-4-2)8-14-13(18)15-9-6-5-7-9/h8-9H,3-7H2,1-2H3,(H2,14,15,18). The predicted octanol–water partition coefficient (Wildman–Crippen LogP) is 0.848. The minimum Gasteiger partial charge on any atom is -0.462 e. The van der Waals surface area contributed by atoms with Crippen molar-refractivity contribution in [3.8, 4) is 0 Å². The molecule has 0 heterocycles. The Labute approximate surface area is 117 Å². The smallest absolute Gasteiger partial charge is 0.347 e. The first-order valence-electron chi connectivity index (χ1n) is 6.69. The lowest BCUT2D eigenvalue weighted by Crippen LogP contribution is -2.44. The molecule has 0 aromatic carbocycles. The van der Waals surface area contributed by atoms with Crippen molar-refractivity contribution in [1.82, 2.24) is 10.6 Å². The molecule has 2 amide bonds. The Hall–Kier alpha value is -2.05. The van der Waals surface area contributed by atoms with Crippen molar-refractivity contribution in [2.24, 2.45) is 0 Å². The maximum absolute atomic E-state index is 11.6. The van der Waals surface area contributed by atoms with E-state index in [0.29, 0.717) is 0 Å². The van der Waals surface area contributed by atoms with E-state index in [1.807, 2.05) is 0 Å². The summed E-state index contributed by atoms with van der Waals surface area (Å²) in [5.74, 6) is -1.65. The molecule has 1 saturated carbocycles. The molecule has 0 spiro atoms. The summed E-state index contributed by atoms with van der Waals surface area (Å²) in [6, 6.07) is -0.294. The van der Waals surface area contributed by atoms with E-state index in [0.717, 1.165) is 25.5 Å². The molecule has 0 aliphatic heterocycles. The Morgan fingerprint density at radius 1 is 1.10 bits per heavy atom. The molecule has 1 fully saturated rings. The third-order valence-corrected chi connectivity index (χ3v) is 2.78. The average Bonchev–Trinajstić information content (AvgIpc) is 2.35. The first-order valence-corrected chi connectivity index (χ1v) is 6.69. The lowest BCUT2D eigenvalue weighted by Gasteiger charge is -2.26. The van der Waals surface area contributed by atoms with E-state index in [4.69, 9.17) is 9.47 Å². The van der Waals surface area contributed by atoms with Crippen molar-refractivity contribution >= 4 is 18.0 Å². The van der Waals surface area contributed by atoms with Gasteiger partial charge >= 0.3 is 18.0 Å². The van der Waals surface area contributed by atoms with Crippen LogP contribution in [0.2, 0.25) is 0 Å². The number of rotatable bonds is 6. The molecule has 112 valence electrons. The molecule has 7 heteroatoms. The number of amides is 2. The second-order valence-corrected chi connectivity index (χ2v) is 4.24. The maximum Gasteiger partial charge on any atom is 0.347 e. The number of ether oxygens (including phenoxy) is 2. The molecule has 1 aliphatic carbocycles. The summed E-state index contributed by atoms with van der Waals surface area (Å²) in [5.41, 5.74) is -0.336. The SMILES string of the molecule is CCOC(=O)C(=CNC(=O)NC1CCC1)C(=O)OCC. The molecule has 1 rings (SSSR count). The molecular weight excluding hydrogens is 264 g/mol. The summed E-state index contributed by atoms with van der Waals surface area (Å²) in [5, 5.41) is 5.06. The number of carbonyl (C=O) groups excluding carboxylic acids is 3. The van der Waals surface area contributed by atoms with Crippen molar-refractivity contribution < 1.29 is 23.9 Å². The van der Waals surface area contributed by atoms with Crippen LogP contribution in [0.15, 0.2) is 11.8 Å². The number of esters is 2. The van der Waals surface area contributed by atoms with Gasteiger partial charge in [0.2, 0.25) is 0 Å². The molecule has 20 heavy (non-hydrogen) atoms. The van der Waals surface area contributed by atoms with Gasteiger partial charge in [-0.3, -0.25) is 0 Å². The van der Waals surface area contributed by atoms with Gasteiger partial charge in [-0.05, 0) is 33.1 Å². The zero-order valence-electron chi connectivity index (χ0n) is 11.7. The summed E-state index contributed by atoms with van der Waals surface area (Å²) in [7, 11) is 0. The molecular formula is C13H20N2O5. The van der Waals surface area contributed by atoms with Crippen LogP contribution in [-0.2, 0) is 19.1 Å². The predicted molar refractivity (Wildman–Crippen MR) is 70.7 cm³/mol. The minimum atomic E-state index is -0.824. The van der Waals surface area contributed by atoms with Gasteiger partial charge in [-0.2, -0.15) is 0 Å². The van der Waals surface area contributed by atoms with Crippen LogP contribution in [-0.4, -0.2) is 37.2 Å². The molecule has 2 N–H and O–H groups in total. The van der Waals surface area contributed by atoms with Gasteiger partial charge in [0.05, 0.1) is 13.2 Å². The van der Waals surface area contributed by atoms with Crippen LogP contribution in [0, 0.1) is 0 Å². The van der Waals surface area contributed by atoms with Crippen molar-refractivity contribution in [3.63, 3.8) is 0 Å². The summed E-state index contributed by atoms with van der Waals surface area (Å²) in [6.45, 7) is 3.50. The van der Waals surface area contributed by atoms with E-state index in [1.54, 1.807) is 13.8 Å². The number of hydrogen-bond acceptors (Lipinski definition) is 5. The second kappa shape index (κ2) is 8.19. The Bertz CT molecular complexity index is 382. The Kier molecular flexibility index (Phi) is 6.55. The normalized spacial score (nSPS) is 13.7. The van der Waals surface area contributed by atoms with Gasteiger partial charge in [-0.25, -0.2) is 14.4 Å². The molecule has 0 radical (unpaired) electrons. The van der Waals surface area contributed by atoms with Crippen LogP contribution >= 0.6 is 0 Å². The van der Waals surface area contributed by atoms with E-state index >= 15 is 0 Å². The number of carbonyl (C=O) groups is 3. The number of urea groups is 1. The van der Waals surface area contributed by atoms with Crippen LogP contribution in [0.5, 0.6) is 0 Å². The van der Waals surface area contributed by atoms with E-state index < -0.39 is 18.0 Å². The van der Waals surface area contributed by atoms with Gasteiger partial charge in [0, 0.05) is 12.2 Å². The fourth-order valence-electron chi connectivity index (χ4n) is 1.54. The molecule has 7 nitrogen and oxygen atoms in total. The Morgan fingerprint density at radius 3 is 2.05 bits per heavy atom. The van der Waals surface area contributed by atoms with Gasteiger partial charge < -0.3 is 20.1 Å². The van der Waals surface area contributed by atoms with E-state index in [9.17, 15) is 14.4 Å². The molecule has 0 unspecified atom stereocenters. The number of nitrogens with one attached hydrogen (secondary N) is 2. The average molecular weight is 284 g/mol. The topological polar surface area (TPSA) is 93.7 Å². The maximum atomic E-state index is 11.6. The highest BCUT2D eigenvalue weighted by Gasteiger charge is 2.22. The Balaban J connectivity index is 2.60. The van der Waals surface area contributed by atoms with Crippen molar-refractivity contribution in [3.05, 3.63) is 11.8 Å². The van der Waals surface area contributed by atoms with Gasteiger partial charge in [0.1, 0.15) is 0 Å². The fourth-order valence-corrected chi connectivity index (χ4v) is 1.54. The molecule has 0 aromatic rings. The van der Waals surface area contributed by atoms with Gasteiger partial charge in [-0.15, -0.1) is 0 Å². The van der Waals surface area contributed by atoms with E-state index in [1.165, 1.54) is 0 Å². The quantitative estimate of drug-likeness (QED) is 0.326. The molecule has 1 aliphatic rings. The highest BCUT2D eigenvalue weighted by molar-refractivity contribution is 6.14. The van der Waals surface area contributed by atoms with Crippen LogP contribution in [0.4, 0.5) is 4.79 Å². The summed E-state index contributed by atoms with van der Waals surface area (Å²) < 4.78 is 9.47. The summed E-state index contributed by atoms with van der Waals surface area (Å²) in [6.07, 6.45) is 4.00. The summed E-state index contributed by atoms with van der Waals surface area (Å²) >= 11 is 0. The lowest BCUT2D eigenvalue weighted by atomic mass is 9.93. The third kappa shape index (κ3) is 4.91. The van der Waals surface area contributed by atoms with Gasteiger partial charge in [-0.1, -0.05) is 0 Å². The molecule has 0 saturated heterocycles. The van der Waals surface area contributed by atoms with Crippen LogP contribution in [0.25, 0.3) is 0 Å². The highest BCUT2D eigenvalue weighted by Crippen LogP contribution is 2.17. The van der Waals surface area contributed by atoms with Crippen molar-refractivity contribution in [2.75, 3.05) is 13.2 Å². The first-order chi connectivity index (χ1) is 9.58. The monoisotopic (exact) mass is 284 g/mol. The Morgan fingerprint density at radius 2 is 1.65 bits per heavy atom. The van der Waals surface area contributed by atoms with Crippen LogP contribution in [0.3, 0.4) is 0 Å². The highest BCUT2D eigenvalue weighted by atomic mass is 16.6. The zero-order chi connectivity index (χ0) is 15.0. The van der Waals surface area contributed by atoms with Gasteiger partial charge in [0.25, 0.3) is 0 Å². The largest absolute Gasteiger partial charge is 0.462 e. The zero-order valence-corrected chi connectivity index (χ0v) is 11.7. The number of hydrogen-bond donors (Lipinski definition) is 2.